The highest BCUT2D eigenvalue weighted by Crippen LogP contribution is 2.11. The van der Waals surface area contributed by atoms with E-state index in [2.05, 4.69) is 4.18 Å². The fourth-order valence-corrected chi connectivity index (χ4v) is 1.46. The number of benzene rings is 1. The summed E-state index contributed by atoms with van der Waals surface area (Å²) in [6.45, 7) is 1.89. The summed E-state index contributed by atoms with van der Waals surface area (Å²) < 4.78 is 25.8. The van der Waals surface area contributed by atoms with Crippen LogP contribution in [0.3, 0.4) is 0 Å². The van der Waals surface area contributed by atoms with E-state index >= 15 is 0 Å². The molecule has 0 aliphatic carbocycles. The van der Waals surface area contributed by atoms with Crippen LogP contribution in [0.4, 0.5) is 0 Å². The van der Waals surface area contributed by atoms with E-state index in [1.165, 1.54) is 12.1 Å². The van der Waals surface area contributed by atoms with Gasteiger partial charge in [0.25, 0.3) is 10.1 Å². The van der Waals surface area contributed by atoms with Crippen molar-refractivity contribution in [3.05, 3.63) is 29.8 Å². The molecule has 0 heterocycles. The Morgan fingerprint density at radius 3 is 1.81 bits per heavy atom. The average Bonchev–Trinajstić information content (AvgIpc) is 2.17. The van der Waals surface area contributed by atoms with Gasteiger partial charge in [-0.2, -0.15) is 8.42 Å². The minimum Gasteiger partial charge on any atom is -0.270 e. The molecule has 16 heavy (non-hydrogen) atoms. The van der Waals surface area contributed by atoms with E-state index in [1.54, 1.807) is 12.1 Å². The fourth-order valence-electron chi connectivity index (χ4n) is 0.801. The van der Waals surface area contributed by atoms with E-state index in [-0.39, 0.29) is 4.90 Å². The van der Waals surface area contributed by atoms with Crippen LogP contribution in [0.5, 0.6) is 0 Å². The summed E-state index contributed by atoms with van der Waals surface area (Å²) in [7, 11) is -2.37. The zero-order valence-corrected chi connectivity index (χ0v) is 11.7. The second-order valence-electron chi connectivity index (χ2n) is 2.68. The minimum absolute atomic E-state index is 0.190. The van der Waals surface area contributed by atoms with Crippen LogP contribution in [0.2, 0.25) is 0 Å². The molecular weight excluding hydrogens is 295 g/mol. The molecule has 0 atom stereocenters. The topological polar surface area (TPSA) is 43.4 Å². The third kappa shape index (κ3) is 6.55. The van der Waals surface area contributed by atoms with Crippen LogP contribution in [0, 0.1) is 6.92 Å². The maximum atomic E-state index is 11.1. The Balaban J connectivity index is 0.000000487. The summed E-state index contributed by atoms with van der Waals surface area (Å²) in [5.41, 5.74) is 1.02. The SMILES string of the molecule is COS(=O)(=O)c1ccc(C)cc1.ClC(Cl)Cl. The molecule has 0 saturated carbocycles. The molecule has 1 aromatic rings. The van der Waals surface area contributed by atoms with Crippen molar-refractivity contribution in [3.8, 4) is 0 Å². The number of alkyl halides is 3. The largest absolute Gasteiger partial charge is 0.296 e. The van der Waals surface area contributed by atoms with Gasteiger partial charge in [0.15, 0.2) is 4.30 Å². The molecule has 0 bridgehead atoms. The zero-order valence-electron chi connectivity index (χ0n) is 8.65. The van der Waals surface area contributed by atoms with Gasteiger partial charge in [0.1, 0.15) is 0 Å². The van der Waals surface area contributed by atoms with Crippen LogP contribution in [0.15, 0.2) is 29.2 Å². The van der Waals surface area contributed by atoms with Crippen LogP contribution in [0.25, 0.3) is 0 Å². The first kappa shape index (κ1) is 16.0. The fraction of sp³-hybridized carbons (Fsp3) is 0.333. The molecule has 0 unspecified atom stereocenters. The molecular formula is C9H11Cl3O3S. The summed E-state index contributed by atoms with van der Waals surface area (Å²) in [6, 6.07) is 6.50. The molecule has 3 nitrogen and oxygen atoms in total. The number of aryl methyl sites for hydroxylation is 1. The Morgan fingerprint density at radius 2 is 1.50 bits per heavy atom. The van der Waals surface area contributed by atoms with Crippen molar-refractivity contribution in [3.63, 3.8) is 0 Å². The molecule has 1 aromatic carbocycles. The predicted molar refractivity (Wildman–Crippen MR) is 66.7 cm³/mol. The van der Waals surface area contributed by atoms with Gasteiger partial charge in [0, 0.05) is 0 Å². The Bertz CT molecular complexity index is 398. The van der Waals surface area contributed by atoms with Crippen LogP contribution in [-0.4, -0.2) is 19.8 Å². The number of hydrogen-bond acceptors (Lipinski definition) is 3. The molecule has 0 aliphatic rings. The van der Waals surface area contributed by atoms with Gasteiger partial charge in [0.2, 0.25) is 0 Å². The van der Waals surface area contributed by atoms with E-state index in [1.807, 2.05) is 6.92 Å². The molecule has 0 radical (unpaired) electrons. The lowest BCUT2D eigenvalue weighted by molar-refractivity contribution is 0.398. The van der Waals surface area contributed by atoms with Crippen LogP contribution in [-0.2, 0) is 14.3 Å². The van der Waals surface area contributed by atoms with Crippen LogP contribution < -0.4 is 0 Å². The van der Waals surface area contributed by atoms with Crippen molar-refractivity contribution in [2.75, 3.05) is 7.11 Å². The summed E-state index contributed by atoms with van der Waals surface area (Å²) in [5.74, 6) is 0. The van der Waals surface area contributed by atoms with Gasteiger partial charge >= 0.3 is 0 Å². The highest BCUT2D eigenvalue weighted by atomic mass is 35.6. The summed E-state index contributed by atoms with van der Waals surface area (Å²) in [4.78, 5) is 0.190. The average molecular weight is 306 g/mol. The van der Waals surface area contributed by atoms with Crippen molar-refractivity contribution in [1.29, 1.82) is 0 Å². The van der Waals surface area contributed by atoms with Crippen LogP contribution in [0.1, 0.15) is 5.56 Å². The quantitative estimate of drug-likeness (QED) is 0.622. The lowest BCUT2D eigenvalue weighted by Gasteiger charge is -2.00. The second kappa shape index (κ2) is 7.35. The molecule has 0 N–H and O–H groups in total. The highest BCUT2D eigenvalue weighted by Gasteiger charge is 2.10. The number of hydrogen-bond donors (Lipinski definition) is 0. The Labute approximate surface area is 110 Å². The molecule has 0 aromatic heterocycles. The van der Waals surface area contributed by atoms with Crippen molar-refractivity contribution in [2.24, 2.45) is 0 Å². The smallest absolute Gasteiger partial charge is 0.270 e. The van der Waals surface area contributed by atoms with Gasteiger partial charge in [-0.1, -0.05) is 52.5 Å². The van der Waals surface area contributed by atoms with Gasteiger partial charge in [-0.15, -0.1) is 0 Å². The maximum Gasteiger partial charge on any atom is 0.296 e. The lowest BCUT2D eigenvalue weighted by atomic mass is 10.2. The zero-order chi connectivity index (χ0) is 12.8. The molecule has 1 rings (SSSR count). The molecule has 92 valence electrons. The lowest BCUT2D eigenvalue weighted by Crippen LogP contribution is -2.02. The predicted octanol–water partition coefficient (Wildman–Crippen LogP) is 3.32. The number of rotatable bonds is 2. The van der Waals surface area contributed by atoms with E-state index in [0.29, 0.717) is 0 Å². The summed E-state index contributed by atoms with van der Waals surface area (Å²) in [6.07, 6.45) is 0. The third-order valence-electron chi connectivity index (χ3n) is 1.53. The number of halogens is 3. The molecule has 0 spiro atoms. The van der Waals surface area contributed by atoms with E-state index in [9.17, 15) is 8.42 Å². The second-order valence-corrected chi connectivity index (χ2v) is 6.37. The standard InChI is InChI=1S/C8H10O3S.CHCl3/c1-7-3-5-8(6-4-7)12(9,10)11-2;2-1(3)4/h3-6H,1-2H3;1H. The van der Waals surface area contributed by atoms with Crippen molar-refractivity contribution in [2.45, 2.75) is 16.1 Å². The first-order valence-corrected chi connectivity index (χ1v) is 6.81. The molecule has 0 amide bonds. The van der Waals surface area contributed by atoms with Crippen molar-refractivity contribution >= 4 is 44.9 Å². The maximum absolute atomic E-state index is 11.1. The monoisotopic (exact) mass is 304 g/mol. The van der Waals surface area contributed by atoms with E-state index in [4.69, 9.17) is 34.8 Å². The Kier molecular flexibility index (Phi) is 7.35. The van der Waals surface area contributed by atoms with Crippen molar-refractivity contribution < 1.29 is 12.6 Å². The summed E-state index contributed by atoms with van der Waals surface area (Å²) >= 11 is 14.4. The minimum atomic E-state index is -3.51. The molecule has 0 saturated heterocycles. The van der Waals surface area contributed by atoms with Gasteiger partial charge in [0.05, 0.1) is 12.0 Å². The van der Waals surface area contributed by atoms with Crippen LogP contribution >= 0.6 is 34.8 Å². The highest BCUT2D eigenvalue weighted by molar-refractivity contribution is 7.86. The normalized spacial score (nSPS) is 10.9. The Hall–Kier alpha value is -0.000000000000000111. The summed E-state index contributed by atoms with van der Waals surface area (Å²) in [5, 5.41) is 0. The molecule has 7 heteroatoms. The first-order valence-electron chi connectivity index (χ1n) is 4.09. The van der Waals surface area contributed by atoms with Crippen molar-refractivity contribution in [1.82, 2.24) is 0 Å². The van der Waals surface area contributed by atoms with E-state index in [0.717, 1.165) is 12.7 Å². The van der Waals surface area contributed by atoms with Gasteiger partial charge in [-0.05, 0) is 19.1 Å². The van der Waals surface area contributed by atoms with Gasteiger partial charge in [-0.25, -0.2) is 0 Å². The van der Waals surface area contributed by atoms with E-state index < -0.39 is 14.4 Å². The molecule has 0 aliphatic heterocycles. The first-order chi connectivity index (χ1) is 7.29. The van der Waals surface area contributed by atoms with Gasteiger partial charge in [-0.3, -0.25) is 4.18 Å². The van der Waals surface area contributed by atoms with Gasteiger partial charge < -0.3 is 0 Å². The third-order valence-corrected chi connectivity index (χ3v) is 2.82. The Morgan fingerprint density at radius 1 is 1.12 bits per heavy atom. The molecule has 0 fully saturated rings.